The number of amides is 1. The summed E-state index contributed by atoms with van der Waals surface area (Å²) in [7, 11) is 0. The fourth-order valence-corrected chi connectivity index (χ4v) is 2.87. The Morgan fingerprint density at radius 3 is 2.24 bits per heavy atom. The fraction of sp³-hybridized carbons (Fsp3) is 0. The molecule has 0 fully saturated rings. The number of thiophene rings is 1. The van der Waals surface area contributed by atoms with E-state index in [4.69, 9.17) is 10.2 Å². The lowest BCUT2D eigenvalue weighted by atomic mass is 10.1. The zero-order valence-electron chi connectivity index (χ0n) is 10.3. The van der Waals surface area contributed by atoms with Crippen LogP contribution in [-0.4, -0.2) is 28.1 Å². The van der Waals surface area contributed by atoms with E-state index in [1.165, 1.54) is 6.07 Å². The van der Waals surface area contributed by atoms with E-state index in [0.29, 0.717) is 4.88 Å². The molecular formula is C13H8BrNO5S. The molecule has 0 unspecified atom stereocenters. The average molecular weight is 370 g/mol. The highest BCUT2D eigenvalue weighted by molar-refractivity contribution is 9.10. The van der Waals surface area contributed by atoms with Crippen LogP contribution in [0.5, 0.6) is 0 Å². The SMILES string of the molecule is O=C(O)C(=O)Nc1sc(-c2ccc(Br)cc2)cc1C(=O)O. The van der Waals surface area contributed by atoms with Crippen molar-refractivity contribution in [2.24, 2.45) is 0 Å². The molecule has 0 spiro atoms. The Bertz CT molecular complexity index is 723. The maximum absolute atomic E-state index is 11.2. The number of aromatic carboxylic acids is 1. The molecule has 0 saturated carbocycles. The van der Waals surface area contributed by atoms with Gasteiger partial charge in [0.15, 0.2) is 0 Å². The Morgan fingerprint density at radius 2 is 1.71 bits per heavy atom. The van der Waals surface area contributed by atoms with Gasteiger partial charge in [0.1, 0.15) is 5.00 Å². The molecule has 0 aliphatic rings. The summed E-state index contributed by atoms with van der Waals surface area (Å²) in [5, 5.41) is 19.8. The minimum atomic E-state index is -1.68. The van der Waals surface area contributed by atoms with Gasteiger partial charge in [-0.1, -0.05) is 28.1 Å². The third kappa shape index (κ3) is 3.47. The summed E-state index contributed by atoms with van der Waals surface area (Å²) in [6.07, 6.45) is 0. The molecule has 3 N–H and O–H groups in total. The Balaban J connectivity index is 2.41. The second kappa shape index (κ2) is 6.06. The molecule has 6 nitrogen and oxygen atoms in total. The van der Waals surface area contributed by atoms with E-state index >= 15 is 0 Å². The summed E-state index contributed by atoms with van der Waals surface area (Å²) >= 11 is 4.30. The van der Waals surface area contributed by atoms with Gasteiger partial charge in [-0.15, -0.1) is 11.3 Å². The van der Waals surface area contributed by atoms with E-state index < -0.39 is 17.8 Å². The second-order valence-electron chi connectivity index (χ2n) is 3.92. The first-order valence-corrected chi connectivity index (χ1v) is 7.17. The van der Waals surface area contributed by atoms with Crippen molar-refractivity contribution < 1.29 is 24.6 Å². The van der Waals surface area contributed by atoms with Crippen LogP contribution in [0.1, 0.15) is 10.4 Å². The fourth-order valence-electron chi connectivity index (χ4n) is 1.56. The van der Waals surface area contributed by atoms with Crippen molar-refractivity contribution in [2.75, 3.05) is 5.32 Å². The standard InChI is InChI=1S/C13H8BrNO5S/c14-7-3-1-6(2-4-7)9-5-8(12(17)18)11(21-9)15-10(16)13(19)20/h1-5H,(H,15,16)(H,17,18)(H,19,20). The lowest BCUT2D eigenvalue weighted by Crippen LogP contribution is -2.22. The highest BCUT2D eigenvalue weighted by atomic mass is 79.9. The van der Waals surface area contributed by atoms with E-state index in [-0.39, 0.29) is 10.6 Å². The van der Waals surface area contributed by atoms with E-state index in [1.807, 2.05) is 0 Å². The molecule has 1 aromatic heterocycles. The van der Waals surface area contributed by atoms with Crippen LogP contribution in [0, 0.1) is 0 Å². The van der Waals surface area contributed by atoms with Gasteiger partial charge in [-0.25, -0.2) is 9.59 Å². The summed E-state index contributed by atoms with van der Waals surface area (Å²) in [5.41, 5.74) is 0.619. The first-order valence-electron chi connectivity index (χ1n) is 5.56. The Labute approximate surface area is 131 Å². The number of carbonyl (C=O) groups excluding carboxylic acids is 1. The molecule has 0 aliphatic heterocycles. The number of hydrogen-bond acceptors (Lipinski definition) is 4. The van der Waals surface area contributed by atoms with Crippen LogP contribution in [0.25, 0.3) is 10.4 Å². The summed E-state index contributed by atoms with van der Waals surface area (Å²) < 4.78 is 0.876. The van der Waals surface area contributed by atoms with Crippen molar-refractivity contribution in [1.82, 2.24) is 0 Å². The van der Waals surface area contributed by atoms with Crippen molar-refractivity contribution >= 4 is 50.1 Å². The Morgan fingerprint density at radius 1 is 1.10 bits per heavy atom. The molecule has 0 atom stereocenters. The van der Waals surface area contributed by atoms with Gasteiger partial charge >= 0.3 is 17.8 Å². The van der Waals surface area contributed by atoms with Crippen molar-refractivity contribution in [2.45, 2.75) is 0 Å². The normalized spacial score (nSPS) is 10.1. The quantitative estimate of drug-likeness (QED) is 0.721. The van der Waals surface area contributed by atoms with Crippen LogP contribution in [0.4, 0.5) is 5.00 Å². The number of carbonyl (C=O) groups is 3. The molecule has 2 aromatic rings. The van der Waals surface area contributed by atoms with Gasteiger partial charge in [-0.05, 0) is 23.8 Å². The molecule has 1 amide bonds. The number of hydrogen-bond donors (Lipinski definition) is 3. The van der Waals surface area contributed by atoms with Gasteiger partial charge in [0.05, 0.1) is 5.56 Å². The van der Waals surface area contributed by atoms with Crippen molar-refractivity contribution in [3.05, 3.63) is 40.4 Å². The molecule has 2 rings (SSSR count). The zero-order chi connectivity index (χ0) is 15.6. The van der Waals surface area contributed by atoms with Crippen LogP contribution < -0.4 is 5.32 Å². The van der Waals surface area contributed by atoms with E-state index in [0.717, 1.165) is 21.4 Å². The average Bonchev–Trinajstić information content (AvgIpc) is 2.83. The maximum atomic E-state index is 11.2. The van der Waals surface area contributed by atoms with Gasteiger partial charge in [-0.2, -0.15) is 0 Å². The third-order valence-electron chi connectivity index (χ3n) is 2.51. The predicted octanol–water partition coefficient (Wildman–Crippen LogP) is 2.90. The Kier molecular flexibility index (Phi) is 4.39. The topological polar surface area (TPSA) is 104 Å². The summed E-state index contributed by atoms with van der Waals surface area (Å²) in [5.74, 6) is -4.19. The number of nitrogens with one attached hydrogen (secondary N) is 1. The zero-order valence-corrected chi connectivity index (χ0v) is 12.7. The molecule has 0 saturated heterocycles. The van der Waals surface area contributed by atoms with Gasteiger partial charge in [0.25, 0.3) is 0 Å². The third-order valence-corrected chi connectivity index (χ3v) is 4.14. The number of anilines is 1. The van der Waals surface area contributed by atoms with Crippen LogP contribution in [-0.2, 0) is 9.59 Å². The minimum absolute atomic E-state index is 0.00665. The molecule has 108 valence electrons. The minimum Gasteiger partial charge on any atom is -0.478 e. The molecule has 0 radical (unpaired) electrons. The molecule has 0 bridgehead atoms. The lowest BCUT2D eigenvalue weighted by Gasteiger charge is -1.99. The maximum Gasteiger partial charge on any atom is 0.394 e. The number of halogens is 1. The molecule has 1 heterocycles. The van der Waals surface area contributed by atoms with Gasteiger partial charge < -0.3 is 15.5 Å². The molecular weight excluding hydrogens is 362 g/mol. The summed E-state index contributed by atoms with van der Waals surface area (Å²) in [6.45, 7) is 0. The van der Waals surface area contributed by atoms with Gasteiger partial charge in [-0.3, -0.25) is 4.79 Å². The smallest absolute Gasteiger partial charge is 0.394 e. The first-order chi connectivity index (χ1) is 9.88. The lowest BCUT2D eigenvalue weighted by molar-refractivity contribution is -0.147. The van der Waals surface area contributed by atoms with Crippen LogP contribution in [0.3, 0.4) is 0 Å². The largest absolute Gasteiger partial charge is 0.478 e. The molecule has 21 heavy (non-hydrogen) atoms. The monoisotopic (exact) mass is 369 g/mol. The number of rotatable bonds is 3. The van der Waals surface area contributed by atoms with Gasteiger partial charge in [0.2, 0.25) is 0 Å². The predicted molar refractivity (Wildman–Crippen MR) is 80.7 cm³/mol. The van der Waals surface area contributed by atoms with Crippen molar-refractivity contribution in [1.29, 1.82) is 0 Å². The van der Waals surface area contributed by atoms with Crippen LogP contribution in [0.15, 0.2) is 34.8 Å². The highest BCUT2D eigenvalue weighted by Crippen LogP contribution is 2.36. The first kappa shape index (κ1) is 15.2. The molecule has 8 heteroatoms. The number of carboxylic acids is 2. The van der Waals surface area contributed by atoms with E-state index in [9.17, 15) is 14.4 Å². The van der Waals surface area contributed by atoms with E-state index in [1.54, 1.807) is 24.3 Å². The van der Waals surface area contributed by atoms with Crippen molar-refractivity contribution in [3.8, 4) is 10.4 Å². The second-order valence-corrected chi connectivity index (χ2v) is 5.89. The summed E-state index contributed by atoms with van der Waals surface area (Å²) in [6, 6.07) is 8.55. The summed E-state index contributed by atoms with van der Waals surface area (Å²) in [4.78, 5) is 33.5. The highest BCUT2D eigenvalue weighted by Gasteiger charge is 2.20. The Hall–Kier alpha value is -2.19. The number of carboxylic acid groups (broad SMARTS) is 2. The molecule has 0 aliphatic carbocycles. The molecule has 1 aromatic carbocycles. The van der Waals surface area contributed by atoms with Crippen LogP contribution >= 0.6 is 27.3 Å². The van der Waals surface area contributed by atoms with E-state index in [2.05, 4.69) is 21.2 Å². The number of aliphatic carboxylic acids is 1. The number of benzene rings is 1. The van der Waals surface area contributed by atoms with Gasteiger partial charge in [0, 0.05) is 9.35 Å². The van der Waals surface area contributed by atoms with Crippen LogP contribution in [0.2, 0.25) is 0 Å². The van der Waals surface area contributed by atoms with Crippen molar-refractivity contribution in [3.63, 3.8) is 0 Å².